The van der Waals surface area contributed by atoms with E-state index < -0.39 is 7.92 Å². The van der Waals surface area contributed by atoms with E-state index in [-0.39, 0.29) is 68.4 Å². The minimum Gasteiger partial charge on any atom is -1.00 e. The predicted molar refractivity (Wildman–Crippen MR) is 85.1 cm³/mol. The predicted octanol–water partition coefficient (Wildman–Crippen LogP) is -2.55. The second-order valence-corrected chi connectivity index (χ2v) is 6.56. The van der Waals surface area contributed by atoms with Crippen LogP contribution in [0.25, 0.3) is 0 Å². The van der Waals surface area contributed by atoms with Gasteiger partial charge in [-0.15, -0.1) is 0 Å². The number of hydrogen-bond acceptors (Lipinski definition) is 0. The van der Waals surface area contributed by atoms with Crippen LogP contribution in [-0.2, 0) is 0 Å². The maximum Gasteiger partial charge on any atom is 1.00 e. The SMILES string of the molecule is [Br-].[K+].c1ccc(P(c2ccccc2)c2ccccc2)cc1. The fourth-order valence-electron chi connectivity index (χ4n) is 2.18. The molecule has 0 aliphatic rings. The second-order valence-electron chi connectivity index (χ2n) is 4.34. The molecular weight excluding hydrogens is 366 g/mol. The first-order chi connectivity index (χ1) is 9.45. The third-order valence-electron chi connectivity index (χ3n) is 3.04. The van der Waals surface area contributed by atoms with Crippen LogP contribution in [0.4, 0.5) is 0 Å². The molecule has 0 N–H and O–H groups in total. The minimum atomic E-state index is -0.446. The van der Waals surface area contributed by atoms with E-state index in [4.69, 9.17) is 0 Å². The molecule has 0 aromatic heterocycles. The van der Waals surface area contributed by atoms with Gasteiger partial charge in [-0.05, 0) is 23.8 Å². The van der Waals surface area contributed by atoms with Gasteiger partial charge in [0.2, 0.25) is 0 Å². The van der Waals surface area contributed by atoms with E-state index in [1.807, 2.05) is 0 Å². The van der Waals surface area contributed by atoms with Gasteiger partial charge in [-0.2, -0.15) is 0 Å². The molecule has 0 atom stereocenters. The van der Waals surface area contributed by atoms with E-state index in [0.717, 1.165) is 0 Å². The Bertz CT molecular complexity index is 535. The zero-order valence-electron chi connectivity index (χ0n) is 12.0. The molecule has 0 bridgehead atoms. The quantitative estimate of drug-likeness (QED) is 0.346. The molecule has 3 aromatic carbocycles. The van der Waals surface area contributed by atoms with Gasteiger partial charge < -0.3 is 17.0 Å². The molecule has 0 radical (unpaired) electrons. The van der Waals surface area contributed by atoms with Crippen molar-refractivity contribution >= 4 is 23.8 Å². The first-order valence-corrected chi connectivity index (χ1v) is 7.74. The molecule has 0 heterocycles. The number of halogens is 1. The Balaban J connectivity index is 0.00000110. The number of hydrogen-bond donors (Lipinski definition) is 0. The van der Waals surface area contributed by atoms with Crippen molar-refractivity contribution in [3.8, 4) is 0 Å². The van der Waals surface area contributed by atoms with E-state index in [1.165, 1.54) is 15.9 Å². The minimum absolute atomic E-state index is 0. The second kappa shape index (κ2) is 10.1. The fourth-order valence-corrected chi connectivity index (χ4v) is 4.48. The van der Waals surface area contributed by atoms with Crippen molar-refractivity contribution in [2.24, 2.45) is 0 Å². The Morgan fingerprint density at radius 1 is 0.429 bits per heavy atom. The summed E-state index contributed by atoms with van der Waals surface area (Å²) in [5, 5.41) is 4.19. The molecule has 100 valence electrons. The van der Waals surface area contributed by atoms with Crippen LogP contribution < -0.4 is 84.3 Å². The molecule has 0 amide bonds. The first kappa shape index (κ1) is 19.3. The summed E-state index contributed by atoms with van der Waals surface area (Å²) in [5.41, 5.74) is 0. The fraction of sp³-hybridized carbons (Fsp3) is 0. The molecule has 0 nitrogen and oxygen atoms in total. The van der Waals surface area contributed by atoms with Crippen LogP contribution in [0.15, 0.2) is 91.0 Å². The molecule has 3 rings (SSSR count). The Kier molecular flexibility index (Phi) is 9.23. The smallest absolute Gasteiger partial charge is 1.00 e. The Labute approximate surface area is 180 Å². The molecule has 0 fully saturated rings. The van der Waals surface area contributed by atoms with E-state index >= 15 is 0 Å². The van der Waals surface area contributed by atoms with Gasteiger partial charge >= 0.3 is 51.4 Å². The summed E-state index contributed by atoms with van der Waals surface area (Å²) in [5.74, 6) is 0. The van der Waals surface area contributed by atoms with Crippen LogP contribution in [0.5, 0.6) is 0 Å². The standard InChI is InChI=1S/C18H15P.BrH.K/c1-4-10-16(11-5-1)19(17-12-6-2-7-13-17)18-14-8-3-9-15-18;;/h1-15H;1H;/q;;+1/p-1. The molecule has 0 spiro atoms. The Hall–Kier alpha value is 0.206. The third kappa shape index (κ3) is 5.11. The van der Waals surface area contributed by atoms with Gasteiger partial charge in [0.15, 0.2) is 0 Å². The average Bonchev–Trinajstić information content (AvgIpc) is 2.51. The summed E-state index contributed by atoms with van der Waals surface area (Å²) in [6, 6.07) is 32.3. The van der Waals surface area contributed by atoms with Crippen LogP contribution in [0.2, 0.25) is 0 Å². The van der Waals surface area contributed by atoms with Crippen LogP contribution in [-0.4, -0.2) is 0 Å². The van der Waals surface area contributed by atoms with Crippen molar-refractivity contribution in [3.63, 3.8) is 0 Å². The molecule has 21 heavy (non-hydrogen) atoms. The third-order valence-corrected chi connectivity index (χ3v) is 5.49. The van der Waals surface area contributed by atoms with E-state index in [9.17, 15) is 0 Å². The van der Waals surface area contributed by atoms with Crippen molar-refractivity contribution in [2.45, 2.75) is 0 Å². The Morgan fingerprint density at radius 3 is 0.905 bits per heavy atom. The molecule has 0 aliphatic heterocycles. The topological polar surface area (TPSA) is 0 Å². The summed E-state index contributed by atoms with van der Waals surface area (Å²) < 4.78 is 0. The van der Waals surface area contributed by atoms with Gasteiger partial charge in [-0.25, -0.2) is 0 Å². The van der Waals surface area contributed by atoms with Crippen LogP contribution >= 0.6 is 7.92 Å². The molecule has 0 saturated carbocycles. The van der Waals surface area contributed by atoms with Gasteiger partial charge in [-0.1, -0.05) is 91.0 Å². The number of benzene rings is 3. The van der Waals surface area contributed by atoms with Gasteiger partial charge in [-0.3, -0.25) is 0 Å². The molecule has 0 aliphatic carbocycles. The summed E-state index contributed by atoms with van der Waals surface area (Å²) in [6.07, 6.45) is 0. The molecule has 0 saturated heterocycles. The zero-order valence-corrected chi connectivity index (χ0v) is 17.6. The van der Waals surface area contributed by atoms with E-state index in [2.05, 4.69) is 91.0 Å². The van der Waals surface area contributed by atoms with Crippen molar-refractivity contribution in [2.75, 3.05) is 0 Å². The summed E-state index contributed by atoms with van der Waals surface area (Å²) in [6.45, 7) is 0. The van der Waals surface area contributed by atoms with Crippen LogP contribution in [0.3, 0.4) is 0 Å². The number of rotatable bonds is 3. The molecular formula is C18H15BrKP. The average molecular weight is 381 g/mol. The van der Waals surface area contributed by atoms with Gasteiger partial charge in [0.1, 0.15) is 0 Å². The van der Waals surface area contributed by atoms with Crippen molar-refractivity contribution < 1.29 is 68.4 Å². The molecule has 3 aromatic rings. The maximum absolute atomic E-state index is 2.23. The van der Waals surface area contributed by atoms with Crippen LogP contribution in [0, 0.1) is 0 Å². The normalized spacial score (nSPS) is 9.57. The van der Waals surface area contributed by atoms with Crippen molar-refractivity contribution in [3.05, 3.63) is 91.0 Å². The summed E-state index contributed by atoms with van der Waals surface area (Å²) in [4.78, 5) is 0. The van der Waals surface area contributed by atoms with Crippen LogP contribution in [0.1, 0.15) is 0 Å². The van der Waals surface area contributed by atoms with Gasteiger partial charge in [0.05, 0.1) is 0 Å². The van der Waals surface area contributed by atoms with E-state index in [0.29, 0.717) is 0 Å². The maximum atomic E-state index is 2.23. The first-order valence-electron chi connectivity index (χ1n) is 6.40. The zero-order chi connectivity index (χ0) is 12.9. The largest absolute Gasteiger partial charge is 1.00 e. The monoisotopic (exact) mass is 380 g/mol. The van der Waals surface area contributed by atoms with Gasteiger partial charge in [0, 0.05) is 0 Å². The summed E-state index contributed by atoms with van der Waals surface area (Å²) in [7, 11) is -0.446. The van der Waals surface area contributed by atoms with E-state index in [1.54, 1.807) is 0 Å². The Morgan fingerprint density at radius 2 is 0.667 bits per heavy atom. The van der Waals surface area contributed by atoms with Gasteiger partial charge in [0.25, 0.3) is 0 Å². The molecule has 0 unspecified atom stereocenters. The van der Waals surface area contributed by atoms with Crippen molar-refractivity contribution in [1.29, 1.82) is 0 Å². The summed E-state index contributed by atoms with van der Waals surface area (Å²) >= 11 is 0. The van der Waals surface area contributed by atoms with Crippen molar-refractivity contribution in [1.82, 2.24) is 0 Å². The molecule has 3 heteroatoms.